The van der Waals surface area contributed by atoms with E-state index in [0.717, 1.165) is 72.2 Å². The van der Waals surface area contributed by atoms with Crippen molar-refractivity contribution in [2.24, 2.45) is 16.8 Å². The van der Waals surface area contributed by atoms with E-state index in [1.54, 1.807) is 12.3 Å². The number of fused-ring (bicyclic) bond motifs is 1. The summed E-state index contributed by atoms with van der Waals surface area (Å²) in [7, 11) is 0. The number of rotatable bonds is 5. The summed E-state index contributed by atoms with van der Waals surface area (Å²) in [6, 6.07) is 16.1. The van der Waals surface area contributed by atoms with Gasteiger partial charge in [0, 0.05) is 48.6 Å². The van der Waals surface area contributed by atoms with Gasteiger partial charge in [-0.05, 0) is 48.9 Å². The van der Waals surface area contributed by atoms with Crippen LogP contribution >= 0.6 is 11.6 Å². The summed E-state index contributed by atoms with van der Waals surface area (Å²) in [5, 5.41) is 1.63. The second-order valence-electron chi connectivity index (χ2n) is 10.4. The SMILES string of the molecule is O=C(C1CC1)N1CC(CN2C(=O)C3(CC3)N=C2c2ccc(-c3ccc4c(Cl)ccnc4c3)cc2)C1. The first-order valence-electron chi connectivity index (χ1n) is 12.4. The van der Waals surface area contributed by atoms with E-state index in [1.807, 2.05) is 21.9 Å². The quantitative estimate of drug-likeness (QED) is 0.533. The zero-order chi connectivity index (χ0) is 23.7. The van der Waals surface area contributed by atoms with Crippen molar-refractivity contribution in [3.05, 3.63) is 65.3 Å². The highest BCUT2D eigenvalue weighted by atomic mass is 35.5. The van der Waals surface area contributed by atoms with Gasteiger partial charge < -0.3 is 4.90 Å². The van der Waals surface area contributed by atoms with Crippen LogP contribution in [0.5, 0.6) is 0 Å². The number of amides is 2. The predicted octanol–water partition coefficient (Wildman–Crippen LogP) is 4.55. The number of hydrogen-bond acceptors (Lipinski definition) is 4. The highest BCUT2D eigenvalue weighted by Gasteiger charge is 2.57. The van der Waals surface area contributed by atoms with Crippen LogP contribution < -0.4 is 0 Å². The third kappa shape index (κ3) is 3.54. The van der Waals surface area contributed by atoms with Gasteiger partial charge in [-0.25, -0.2) is 0 Å². The molecule has 0 N–H and O–H groups in total. The zero-order valence-electron chi connectivity index (χ0n) is 19.3. The number of amidine groups is 1. The van der Waals surface area contributed by atoms with Crippen molar-refractivity contribution in [1.82, 2.24) is 14.8 Å². The highest BCUT2D eigenvalue weighted by molar-refractivity contribution is 6.35. The Morgan fingerprint density at radius 3 is 2.43 bits per heavy atom. The van der Waals surface area contributed by atoms with Crippen molar-refractivity contribution >= 4 is 40.2 Å². The Morgan fingerprint density at radius 1 is 1.00 bits per heavy atom. The fourth-order valence-electron chi connectivity index (χ4n) is 5.31. The normalized spacial score (nSPS) is 20.9. The van der Waals surface area contributed by atoms with Crippen LogP contribution in [0.3, 0.4) is 0 Å². The maximum atomic E-state index is 13.2. The van der Waals surface area contributed by atoms with E-state index in [4.69, 9.17) is 16.6 Å². The Kier molecular flexibility index (Phi) is 4.59. The molecule has 0 bridgehead atoms. The molecular formula is C28H25ClN4O2. The van der Waals surface area contributed by atoms with Crippen LogP contribution in [0.1, 0.15) is 31.2 Å². The molecule has 6 nitrogen and oxygen atoms in total. The average Bonchev–Trinajstić information content (AvgIpc) is 3.77. The molecule has 1 saturated heterocycles. The molecule has 0 atom stereocenters. The molecule has 35 heavy (non-hydrogen) atoms. The van der Waals surface area contributed by atoms with Crippen molar-refractivity contribution in [3.63, 3.8) is 0 Å². The number of carbonyl (C=O) groups is 2. The Bertz CT molecular complexity index is 1400. The Hall–Kier alpha value is -3.25. The molecule has 0 radical (unpaired) electrons. The molecule has 2 aromatic carbocycles. The second kappa shape index (κ2) is 7.62. The Labute approximate surface area is 208 Å². The van der Waals surface area contributed by atoms with E-state index in [2.05, 4.69) is 35.3 Å². The van der Waals surface area contributed by atoms with Gasteiger partial charge in [0.1, 0.15) is 11.4 Å². The molecule has 2 saturated carbocycles. The van der Waals surface area contributed by atoms with Crippen LogP contribution in [0.15, 0.2) is 59.7 Å². The summed E-state index contributed by atoms with van der Waals surface area (Å²) in [5.74, 6) is 1.77. The van der Waals surface area contributed by atoms with Gasteiger partial charge >= 0.3 is 0 Å². The van der Waals surface area contributed by atoms with Gasteiger partial charge in [0.05, 0.1) is 10.5 Å². The molecule has 1 aromatic heterocycles. The van der Waals surface area contributed by atoms with E-state index in [1.165, 1.54) is 0 Å². The Morgan fingerprint density at radius 2 is 1.71 bits per heavy atom. The van der Waals surface area contributed by atoms with Crippen LogP contribution in [-0.4, -0.2) is 57.6 Å². The van der Waals surface area contributed by atoms with Crippen molar-refractivity contribution in [1.29, 1.82) is 0 Å². The number of pyridine rings is 1. The lowest BCUT2D eigenvalue weighted by Crippen LogP contribution is -2.55. The molecule has 3 heterocycles. The standard InChI is InChI=1S/C28H25ClN4O2/c29-23-9-12-30-24-13-21(7-8-22(23)24)18-1-3-19(4-2-18)25-31-28(10-11-28)27(35)33(25)16-17-14-32(15-17)26(34)20-5-6-20/h1-4,7-9,12-13,17,20H,5-6,10-11,14-16H2. The van der Waals surface area contributed by atoms with Gasteiger partial charge in [0.25, 0.3) is 5.91 Å². The number of halogens is 1. The van der Waals surface area contributed by atoms with Crippen molar-refractivity contribution in [2.75, 3.05) is 19.6 Å². The van der Waals surface area contributed by atoms with Crippen LogP contribution in [0, 0.1) is 11.8 Å². The average molecular weight is 485 g/mol. The lowest BCUT2D eigenvalue weighted by molar-refractivity contribution is -0.139. The largest absolute Gasteiger partial charge is 0.342 e. The minimum Gasteiger partial charge on any atom is -0.342 e. The fraction of sp³-hybridized carbons (Fsp3) is 0.357. The maximum Gasteiger partial charge on any atom is 0.256 e. The highest BCUT2D eigenvalue weighted by Crippen LogP contribution is 2.46. The second-order valence-corrected chi connectivity index (χ2v) is 10.8. The number of benzene rings is 2. The first-order chi connectivity index (χ1) is 17.0. The molecule has 2 aliphatic carbocycles. The van der Waals surface area contributed by atoms with Gasteiger partial charge in [-0.2, -0.15) is 0 Å². The summed E-state index contributed by atoms with van der Waals surface area (Å²) in [5.41, 5.74) is 3.42. The van der Waals surface area contributed by atoms with Gasteiger partial charge in [0.15, 0.2) is 0 Å². The molecule has 4 aliphatic rings. The number of nitrogens with zero attached hydrogens (tertiary/aromatic N) is 4. The van der Waals surface area contributed by atoms with E-state index < -0.39 is 5.54 Å². The monoisotopic (exact) mass is 484 g/mol. The molecule has 2 amide bonds. The molecule has 176 valence electrons. The third-order valence-corrected chi connectivity index (χ3v) is 8.07. The van der Waals surface area contributed by atoms with Crippen LogP contribution in [-0.2, 0) is 9.59 Å². The fourth-order valence-corrected chi connectivity index (χ4v) is 5.52. The van der Waals surface area contributed by atoms with Gasteiger partial charge in [-0.3, -0.25) is 24.5 Å². The smallest absolute Gasteiger partial charge is 0.256 e. The third-order valence-electron chi connectivity index (χ3n) is 7.74. The lowest BCUT2D eigenvalue weighted by Gasteiger charge is -2.41. The molecule has 7 rings (SSSR count). The minimum atomic E-state index is -0.537. The number of carbonyl (C=O) groups excluding carboxylic acids is 2. The van der Waals surface area contributed by atoms with Crippen molar-refractivity contribution < 1.29 is 9.59 Å². The molecule has 0 unspecified atom stereocenters. The zero-order valence-corrected chi connectivity index (χ0v) is 20.0. The van der Waals surface area contributed by atoms with Gasteiger partial charge in [-0.1, -0.05) is 48.0 Å². The number of hydrogen-bond donors (Lipinski definition) is 0. The van der Waals surface area contributed by atoms with Crippen LogP contribution in [0.4, 0.5) is 0 Å². The number of likely N-dealkylation sites (tertiary alicyclic amines) is 1. The van der Waals surface area contributed by atoms with E-state index in [9.17, 15) is 9.59 Å². The van der Waals surface area contributed by atoms with Crippen molar-refractivity contribution in [2.45, 2.75) is 31.2 Å². The van der Waals surface area contributed by atoms with E-state index >= 15 is 0 Å². The summed E-state index contributed by atoms with van der Waals surface area (Å²) in [6.45, 7) is 2.13. The predicted molar refractivity (Wildman–Crippen MR) is 135 cm³/mol. The van der Waals surface area contributed by atoms with E-state index in [0.29, 0.717) is 23.4 Å². The first-order valence-corrected chi connectivity index (χ1v) is 12.7. The number of aliphatic imine (C=N–C) groups is 1. The molecule has 3 aromatic rings. The topological polar surface area (TPSA) is 65.9 Å². The van der Waals surface area contributed by atoms with Crippen LogP contribution in [0.2, 0.25) is 5.02 Å². The lowest BCUT2D eigenvalue weighted by atomic mass is 9.97. The summed E-state index contributed by atoms with van der Waals surface area (Å²) >= 11 is 6.29. The molecule has 2 aliphatic heterocycles. The van der Waals surface area contributed by atoms with Gasteiger partial charge in [-0.15, -0.1) is 0 Å². The maximum absolute atomic E-state index is 13.2. The summed E-state index contributed by atoms with van der Waals surface area (Å²) < 4.78 is 0. The van der Waals surface area contributed by atoms with E-state index in [-0.39, 0.29) is 11.8 Å². The van der Waals surface area contributed by atoms with Gasteiger partial charge in [0.2, 0.25) is 5.91 Å². The number of aromatic nitrogens is 1. The molecular weight excluding hydrogens is 460 g/mol. The molecule has 1 spiro atoms. The summed E-state index contributed by atoms with van der Waals surface area (Å²) in [6.07, 6.45) is 5.44. The van der Waals surface area contributed by atoms with Crippen LogP contribution in [0.25, 0.3) is 22.0 Å². The molecule has 7 heteroatoms. The summed E-state index contributed by atoms with van der Waals surface area (Å²) in [4.78, 5) is 38.7. The Balaban J connectivity index is 1.11. The first kappa shape index (κ1) is 21.1. The minimum absolute atomic E-state index is 0.126. The van der Waals surface area contributed by atoms with Crippen molar-refractivity contribution in [3.8, 4) is 11.1 Å². The molecule has 3 fully saturated rings.